The molecule has 0 spiro atoms. The van der Waals surface area contributed by atoms with Crippen molar-refractivity contribution in [3.8, 4) is 5.88 Å². The number of nitrogen functional groups attached to an aromatic ring is 1. The van der Waals surface area contributed by atoms with E-state index in [1.54, 1.807) is 19.1 Å². The maximum atomic E-state index is 12.1. The molecule has 0 aliphatic heterocycles. The number of nitrogens with zero attached hydrogens (tertiary/aromatic N) is 2. The Labute approximate surface area is 135 Å². The highest BCUT2D eigenvalue weighted by Gasteiger charge is 2.28. The summed E-state index contributed by atoms with van der Waals surface area (Å²) in [5, 5.41) is 2.70. The molecular formula is C15H15F3N4O2. The van der Waals surface area contributed by atoms with E-state index in [2.05, 4.69) is 20.0 Å². The minimum absolute atomic E-state index is 0.146. The molecule has 2 rings (SSSR count). The Morgan fingerprint density at radius 1 is 1.33 bits per heavy atom. The van der Waals surface area contributed by atoms with Gasteiger partial charge in [0.15, 0.2) is 6.61 Å². The first-order chi connectivity index (χ1) is 11.2. The Kier molecular flexibility index (Phi) is 5.22. The maximum Gasteiger partial charge on any atom is 0.422 e. The molecule has 1 amide bonds. The largest absolute Gasteiger partial charge is 0.468 e. The molecule has 6 nitrogen and oxygen atoms in total. The van der Waals surface area contributed by atoms with Crippen LogP contribution in [0.1, 0.15) is 29.0 Å². The third-order valence-corrected chi connectivity index (χ3v) is 2.99. The number of aromatic nitrogens is 2. The Bertz CT molecular complexity index is 705. The minimum atomic E-state index is -4.42. The van der Waals surface area contributed by atoms with Crippen molar-refractivity contribution in [3.63, 3.8) is 0 Å². The van der Waals surface area contributed by atoms with E-state index in [4.69, 9.17) is 5.73 Å². The highest BCUT2D eigenvalue weighted by molar-refractivity contribution is 5.92. The van der Waals surface area contributed by atoms with Crippen LogP contribution in [0.3, 0.4) is 0 Å². The molecule has 0 bridgehead atoms. The average molecular weight is 340 g/mol. The van der Waals surface area contributed by atoms with E-state index in [0.717, 1.165) is 0 Å². The van der Waals surface area contributed by atoms with Gasteiger partial charge in [-0.15, -0.1) is 0 Å². The number of hydrogen-bond donors (Lipinski definition) is 2. The van der Waals surface area contributed by atoms with Crippen LogP contribution >= 0.6 is 0 Å². The molecule has 0 saturated heterocycles. The zero-order chi connectivity index (χ0) is 17.7. The lowest BCUT2D eigenvalue weighted by Gasteiger charge is -2.14. The van der Waals surface area contributed by atoms with Gasteiger partial charge in [-0.3, -0.25) is 4.79 Å². The van der Waals surface area contributed by atoms with E-state index < -0.39 is 24.7 Å². The van der Waals surface area contributed by atoms with Gasteiger partial charge in [0.25, 0.3) is 5.91 Å². The van der Waals surface area contributed by atoms with E-state index in [9.17, 15) is 18.0 Å². The Morgan fingerprint density at radius 2 is 2.08 bits per heavy atom. The van der Waals surface area contributed by atoms with Gasteiger partial charge in [-0.25, -0.2) is 9.97 Å². The molecule has 24 heavy (non-hydrogen) atoms. The van der Waals surface area contributed by atoms with Gasteiger partial charge in [-0.05, 0) is 24.6 Å². The molecule has 9 heteroatoms. The summed E-state index contributed by atoms with van der Waals surface area (Å²) in [6.45, 7) is 0.296. The van der Waals surface area contributed by atoms with E-state index >= 15 is 0 Å². The number of hydrogen-bond acceptors (Lipinski definition) is 5. The van der Waals surface area contributed by atoms with Crippen LogP contribution in [0.2, 0.25) is 0 Å². The number of carbonyl (C=O) groups excluding carboxylic acids is 1. The van der Waals surface area contributed by atoms with Gasteiger partial charge >= 0.3 is 6.18 Å². The molecule has 0 radical (unpaired) electrons. The number of rotatable bonds is 5. The number of halogens is 3. The zero-order valence-corrected chi connectivity index (χ0v) is 12.7. The van der Waals surface area contributed by atoms with Crippen LogP contribution in [-0.2, 0) is 0 Å². The third kappa shape index (κ3) is 5.11. The molecular weight excluding hydrogens is 325 g/mol. The molecule has 0 aromatic carbocycles. The minimum Gasteiger partial charge on any atom is -0.468 e. The standard InChI is InChI=1S/C15H15F3N4O2/c1-9(21-14(23)11-3-2-4-12(19)22-11)10-5-6-13(20-7-10)24-8-15(16,17)18/h2-7,9H,8H2,1H3,(H2,19,22)(H,21,23). The summed E-state index contributed by atoms with van der Waals surface area (Å²) in [4.78, 5) is 19.8. The first kappa shape index (κ1) is 17.5. The van der Waals surface area contributed by atoms with Crippen molar-refractivity contribution in [2.45, 2.75) is 19.1 Å². The summed E-state index contributed by atoms with van der Waals surface area (Å²) in [5.74, 6) is -0.345. The van der Waals surface area contributed by atoms with Crippen molar-refractivity contribution >= 4 is 11.7 Å². The highest BCUT2D eigenvalue weighted by Crippen LogP contribution is 2.19. The normalized spacial score (nSPS) is 12.5. The second kappa shape index (κ2) is 7.16. The molecule has 0 saturated carbocycles. The predicted molar refractivity (Wildman–Crippen MR) is 80.3 cm³/mol. The lowest BCUT2D eigenvalue weighted by molar-refractivity contribution is -0.154. The quantitative estimate of drug-likeness (QED) is 0.873. The molecule has 0 aliphatic carbocycles. The van der Waals surface area contributed by atoms with Crippen molar-refractivity contribution < 1.29 is 22.7 Å². The summed E-state index contributed by atoms with van der Waals surface area (Å²) in [6.07, 6.45) is -3.09. The van der Waals surface area contributed by atoms with Crippen LogP contribution in [0.25, 0.3) is 0 Å². The Morgan fingerprint density at radius 3 is 2.67 bits per heavy atom. The maximum absolute atomic E-state index is 12.1. The number of alkyl halides is 3. The molecule has 1 unspecified atom stereocenters. The van der Waals surface area contributed by atoms with E-state index in [1.807, 2.05) is 0 Å². The van der Waals surface area contributed by atoms with E-state index in [-0.39, 0.29) is 17.4 Å². The summed E-state index contributed by atoms with van der Waals surface area (Å²) in [6, 6.07) is 7.09. The average Bonchev–Trinajstić information content (AvgIpc) is 2.52. The number of ether oxygens (including phenoxy) is 1. The number of anilines is 1. The van der Waals surface area contributed by atoms with Crippen molar-refractivity contribution in [1.82, 2.24) is 15.3 Å². The van der Waals surface area contributed by atoms with Gasteiger partial charge in [-0.2, -0.15) is 13.2 Å². The van der Waals surface area contributed by atoms with Crippen LogP contribution in [-0.4, -0.2) is 28.7 Å². The van der Waals surface area contributed by atoms with Gasteiger partial charge < -0.3 is 15.8 Å². The van der Waals surface area contributed by atoms with Crippen LogP contribution in [0.15, 0.2) is 36.5 Å². The van der Waals surface area contributed by atoms with E-state index in [0.29, 0.717) is 5.56 Å². The van der Waals surface area contributed by atoms with Crippen molar-refractivity contribution in [2.24, 2.45) is 0 Å². The summed E-state index contributed by atoms with van der Waals surface area (Å²) in [7, 11) is 0. The number of amides is 1. The molecule has 2 aromatic heterocycles. The topological polar surface area (TPSA) is 90.1 Å². The zero-order valence-electron chi connectivity index (χ0n) is 12.7. The first-order valence-corrected chi connectivity index (χ1v) is 6.93. The third-order valence-electron chi connectivity index (χ3n) is 2.99. The number of nitrogens with two attached hydrogens (primary N) is 1. The molecule has 128 valence electrons. The summed E-state index contributed by atoms with van der Waals surface area (Å²) < 4.78 is 40.7. The second-order valence-corrected chi connectivity index (χ2v) is 4.98. The Balaban J connectivity index is 1.97. The molecule has 3 N–H and O–H groups in total. The van der Waals surface area contributed by atoms with Crippen molar-refractivity contribution in [2.75, 3.05) is 12.3 Å². The lowest BCUT2D eigenvalue weighted by atomic mass is 10.1. The fourth-order valence-electron chi connectivity index (χ4n) is 1.82. The number of nitrogens with one attached hydrogen (secondary N) is 1. The van der Waals surface area contributed by atoms with Crippen LogP contribution in [0.4, 0.5) is 19.0 Å². The highest BCUT2D eigenvalue weighted by atomic mass is 19.4. The molecule has 0 fully saturated rings. The lowest BCUT2D eigenvalue weighted by Crippen LogP contribution is -2.27. The van der Waals surface area contributed by atoms with Crippen molar-refractivity contribution in [1.29, 1.82) is 0 Å². The molecule has 2 aromatic rings. The predicted octanol–water partition coefficient (Wildman–Crippen LogP) is 2.49. The van der Waals surface area contributed by atoms with Crippen LogP contribution < -0.4 is 15.8 Å². The number of pyridine rings is 2. The van der Waals surface area contributed by atoms with E-state index in [1.165, 1.54) is 24.4 Å². The van der Waals surface area contributed by atoms with Gasteiger partial charge in [-0.1, -0.05) is 12.1 Å². The van der Waals surface area contributed by atoms with Gasteiger partial charge in [0.2, 0.25) is 5.88 Å². The monoisotopic (exact) mass is 340 g/mol. The van der Waals surface area contributed by atoms with Crippen LogP contribution in [0.5, 0.6) is 5.88 Å². The summed E-state index contributed by atoms with van der Waals surface area (Å²) in [5.41, 5.74) is 6.29. The van der Waals surface area contributed by atoms with Gasteiger partial charge in [0, 0.05) is 12.3 Å². The second-order valence-electron chi connectivity index (χ2n) is 4.98. The molecule has 2 heterocycles. The molecule has 0 aliphatic rings. The SMILES string of the molecule is CC(NC(=O)c1cccc(N)n1)c1ccc(OCC(F)(F)F)nc1. The smallest absolute Gasteiger partial charge is 0.422 e. The first-order valence-electron chi connectivity index (χ1n) is 6.93. The fourth-order valence-corrected chi connectivity index (χ4v) is 1.82. The summed E-state index contributed by atoms with van der Waals surface area (Å²) >= 11 is 0. The van der Waals surface area contributed by atoms with Crippen molar-refractivity contribution in [3.05, 3.63) is 47.8 Å². The molecule has 1 atom stereocenters. The van der Waals surface area contributed by atoms with Gasteiger partial charge in [0.1, 0.15) is 11.5 Å². The van der Waals surface area contributed by atoms with Gasteiger partial charge in [0.05, 0.1) is 6.04 Å². The van der Waals surface area contributed by atoms with Crippen LogP contribution in [0, 0.1) is 0 Å². The Hall–Kier alpha value is -2.84. The fraction of sp³-hybridized carbons (Fsp3) is 0.267. The number of carbonyl (C=O) groups is 1.